The van der Waals surface area contributed by atoms with Gasteiger partial charge < -0.3 is 10.1 Å². The van der Waals surface area contributed by atoms with Crippen molar-refractivity contribution in [3.05, 3.63) is 28.7 Å². The molecule has 0 unspecified atom stereocenters. The third kappa shape index (κ3) is 6.21. The number of carbonyl (C=O) groups excluding carboxylic acids is 1. The molecule has 1 rings (SSSR count). The molecule has 0 bridgehead atoms. The van der Waals surface area contributed by atoms with E-state index in [2.05, 4.69) is 21.2 Å². The van der Waals surface area contributed by atoms with Crippen molar-refractivity contribution >= 4 is 56.6 Å². The Bertz CT molecular complexity index is 420. The van der Waals surface area contributed by atoms with E-state index in [0.29, 0.717) is 18.6 Å². The number of nitrogens with one attached hydrogen (secondary N) is 1. The number of halogens is 4. The summed E-state index contributed by atoms with van der Waals surface area (Å²) in [5, 5.41) is 2.55. The molecule has 106 valence electrons. The summed E-state index contributed by atoms with van der Waals surface area (Å²) < 4.78 is 4.65. The molecule has 0 aliphatic heterocycles. The van der Waals surface area contributed by atoms with Gasteiger partial charge in [-0.15, -0.1) is 0 Å². The van der Waals surface area contributed by atoms with Crippen LogP contribution in [0.4, 0.5) is 0 Å². The molecule has 19 heavy (non-hydrogen) atoms. The number of rotatable bonds is 5. The molecule has 0 fully saturated rings. The molecule has 1 aromatic rings. The third-order valence-corrected chi connectivity index (χ3v) is 3.26. The number of carbonyl (C=O) groups is 1. The van der Waals surface area contributed by atoms with Gasteiger partial charge in [-0.3, -0.25) is 4.79 Å². The first kappa shape index (κ1) is 16.9. The van der Waals surface area contributed by atoms with Gasteiger partial charge in [0.1, 0.15) is 5.75 Å². The van der Waals surface area contributed by atoms with Crippen molar-refractivity contribution < 1.29 is 9.53 Å². The Kier molecular flexibility index (Phi) is 6.74. The second kappa shape index (κ2) is 7.58. The number of hydrogen-bond acceptors (Lipinski definition) is 2. The van der Waals surface area contributed by atoms with Crippen molar-refractivity contribution in [2.24, 2.45) is 0 Å². The summed E-state index contributed by atoms with van der Waals surface area (Å²) >= 11 is 20.7. The zero-order chi connectivity index (χ0) is 14.5. The predicted octanol–water partition coefficient (Wildman–Crippen LogP) is 4.44. The van der Waals surface area contributed by atoms with E-state index in [1.54, 1.807) is 24.3 Å². The van der Waals surface area contributed by atoms with E-state index in [1.807, 2.05) is 6.92 Å². The highest BCUT2D eigenvalue weighted by Crippen LogP contribution is 2.32. The first-order valence-electron chi connectivity index (χ1n) is 5.61. The van der Waals surface area contributed by atoms with Gasteiger partial charge in [0, 0.05) is 10.9 Å². The van der Waals surface area contributed by atoms with Gasteiger partial charge in [0.15, 0.2) is 0 Å². The minimum Gasteiger partial charge on any atom is -0.466 e. The van der Waals surface area contributed by atoms with Crippen LogP contribution in [0.5, 0.6) is 5.75 Å². The molecule has 1 atom stereocenters. The van der Waals surface area contributed by atoms with Crippen LogP contribution in [0, 0.1) is 0 Å². The van der Waals surface area contributed by atoms with Crippen molar-refractivity contribution in [3.63, 3.8) is 0 Å². The zero-order valence-corrected chi connectivity index (χ0v) is 14.0. The number of amides is 1. The maximum Gasteiger partial charge on any atom is 0.246 e. The Labute approximate surface area is 135 Å². The second-order valence-corrected chi connectivity index (χ2v) is 7.10. The Hall–Kier alpha value is -0.160. The van der Waals surface area contributed by atoms with E-state index >= 15 is 0 Å². The van der Waals surface area contributed by atoms with Gasteiger partial charge in [-0.05, 0) is 30.7 Å². The van der Waals surface area contributed by atoms with Gasteiger partial charge in [-0.2, -0.15) is 0 Å². The number of benzene rings is 1. The lowest BCUT2D eigenvalue weighted by Gasteiger charge is -2.26. The highest BCUT2D eigenvalue weighted by Gasteiger charge is 2.36. The lowest BCUT2D eigenvalue weighted by molar-refractivity contribution is -0.123. The van der Waals surface area contributed by atoms with Crippen LogP contribution in [-0.2, 0) is 4.79 Å². The van der Waals surface area contributed by atoms with Gasteiger partial charge in [0.25, 0.3) is 0 Å². The maximum absolute atomic E-state index is 11.6. The topological polar surface area (TPSA) is 38.3 Å². The molecule has 7 heteroatoms. The minimum atomic E-state index is -1.75. The summed E-state index contributed by atoms with van der Waals surface area (Å²) in [7, 11) is 0. The Morgan fingerprint density at radius 2 is 1.95 bits per heavy atom. The van der Waals surface area contributed by atoms with Crippen LogP contribution in [0.25, 0.3) is 0 Å². The van der Waals surface area contributed by atoms with Crippen molar-refractivity contribution in [2.45, 2.75) is 29.8 Å². The van der Waals surface area contributed by atoms with Gasteiger partial charge in [-0.1, -0.05) is 57.7 Å². The molecule has 0 spiro atoms. The summed E-state index contributed by atoms with van der Waals surface area (Å²) in [6.45, 7) is 1.89. The summed E-state index contributed by atoms with van der Waals surface area (Å²) in [6, 6.07) is 7.00. The number of ether oxygens (including phenoxy) is 1. The molecular weight excluding hydrogens is 376 g/mol. The van der Waals surface area contributed by atoms with Gasteiger partial charge in [-0.25, -0.2) is 0 Å². The smallest absolute Gasteiger partial charge is 0.246 e. The standard InChI is InChI=1S/C12H13BrCl3NO2/c1-2-3-10(18)17-11(12(14,15)16)19-9-6-4-8(13)5-7-9/h4-7,11H,2-3H2,1H3,(H,17,18)/t11-/m1/s1. The van der Waals surface area contributed by atoms with E-state index in [1.165, 1.54) is 0 Å². The second-order valence-electron chi connectivity index (χ2n) is 3.81. The van der Waals surface area contributed by atoms with Crippen molar-refractivity contribution in [2.75, 3.05) is 0 Å². The molecule has 1 aromatic carbocycles. The summed E-state index contributed by atoms with van der Waals surface area (Å²) in [5.74, 6) is 0.271. The molecule has 1 N–H and O–H groups in total. The van der Waals surface area contributed by atoms with E-state index in [0.717, 1.165) is 4.47 Å². The summed E-state index contributed by atoms with van der Waals surface area (Å²) in [6.07, 6.45) is 0.00944. The average Bonchev–Trinajstić information content (AvgIpc) is 2.30. The van der Waals surface area contributed by atoms with Gasteiger partial charge in [0.05, 0.1) is 0 Å². The molecule has 0 saturated carbocycles. The van der Waals surface area contributed by atoms with E-state index in [-0.39, 0.29) is 5.91 Å². The summed E-state index contributed by atoms with van der Waals surface area (Å²) in [5.41, 5.74) is 0. The highest BCUT2D eigenvalue weighted by molar-refractivity contribution is 9.10. The predicted molar refractivity (Wildman–Crippen MR) is 81.9 cm³/mol. The van der Waals surface area contributed by atoms with Crippen molar-refractivity contribution in [3.8, 4) is 5.75 Å². The SMILES string of the molecule is CCCC(=O)N[C@H](Oc1ccc(Br)cc1)C(Cl)(Cl)Cl. The molecule has 0 heterocycles. The van der Waals surface area contributed by atoms with Crippen LogP contribution in [0.2, 0.25) is 0 Å². The van der Waals surface area contributed by atoms with Crippen LogP contribution in [0.15, 0.2) is 28.7 Å². The van der Waals surface area contributed by atoms with E-state index in [9.17, 15) is 4.79 Å². The van der Waals surface area contributed by atoms with Crippen LogP contribution in [-0.4, -0.2) is 15.9 Å². The van der Waals surface area contributed by atoms with Crippen molar-refractivity contribution in [1.82, 2.24) is 5.32 Å². The fourth-order valence-corrected chi connectivity index (χ4v) is 1.83. The van der Waals surface area contributed by atoms with Gasteiger partial charge in [0.2, 0.25) is 15.9 Å². The first-order valence-corrected chi connectivity index (χ1v) is 7.54. The molecular formula is C12H13BrCl3NO2. The lowest BCUT2D eigenvalue weighted by atomic mass is 10.3. The van der Waals surface area contributed by atoms with Crippen LogP contribution in [0.1, 0.15) is 19.8 Å². The molecule has 1 amide bonds. The Morgan fingerprint density at radius 3 is 2.42 bits per heavy atom. The maximum atomic E-state index is 11.6. The van der Waals surface area contributed by atoms with Crippen LogP contribution < -0.4 is 10.1 Å². The summed E-state index contributed by atoms with van der Waals surface area (Å²) in [4.78, 5) is 11.6. The van der Waals surface area contributed by atoms with E-state index < -0.39 is 10.0 Å². The number of alkyl halides is 3. The normalized spacial score (nSPS) is 12.9. The lowest BCUT2D eigenvalue weighted by Crippen LogP contribution is -2.47. The fourth-order valence-electron chi connectivity index (χ4n) is 1.27. The Morgan fingerprint density at radius 1 is 1.37 bits per heavy atom. The minimum absolute atomic E-state index is 0.226. The largest absolute Gasteiger partial charge is 0.466 e. The molecule has 0 aliphatic carbocycles. The van der Waals surface area contributed by atoms with Crippen LogP contribution >= 0.6 is 50.7 Å². The molecule has 0 aromatic heterocycles. The Balaban J connectivity index is 2.75. The average molecular weight is 390 g/mol. The first-order chi connectivity index (χ1) is 8.82. The van der Waals surface area contributed by atoms with Gasteiger partial charge >= 0.3 is 0 Å². The fraction of sp³-hybridized carbons (Fsp3) is 0.417. The highest BCUT2D eigenvalue weighted by atomic mass is 79.9. The third-order valence-electron chi connectivity index (χ3n) is 2.13. The monoisotopic (exact) mass is 387 g/mol. The molecule has 0 radical (unpaired) electrons. The molecule has 0 saturated heterocycles. The molecule has 3 nitrogen and oxygen atoms in total. The molecule has 0 aliphatic rings. The quantitative estimate of drug-likeness (QED) is 0.597. The van der Waals surface area contributed by atoms with E-state index in [4.69, 9.17) is 39.5 Å². The van der Waals surface area contributed by atoms with Crippen LogP contribution in [0.3, 0.4) is 0 Å². The number of hydrogen-bond donors (Lipinski definition) is 1. The van der Waals surface area contributed by atoms with Crippen molar-refractivity contribution in [1.29, 1.82) is 0 Å². The zero-order valence-electron chi connectivity index (χ0n) is 10.1.